The Hall–Kier alpha value is -1.92. The van der Waals surface area contributed by atoms with Gasteiger partial charge in [0, 0.05) is 23.2 Å². The van der Waals surface area contributed by atoms with Gasteiger partial charge < -0.3 is 15.2 Å². The number of nitrogens with one attached hydrogen (secondary N) is 1. The normalized spacial score (nSPS) is 12.0. The Morgan fingerprint density at radius 2 is 2.33 bits per heavy atom. The van der Waals surface area contributed by atoms with E-state index in [-0.39, 0.29) is 12.5 Å². The van der Waals surface area contributed by atoms with Gasteiger partial charge >= 0.3 is 0 Å². The maximum atomic E-state index is 11.9. The topological polar surface area (TPSA) is 71.5 Å². The molecule has 2 N–H and O–H groups in total. The van der Waals surface area contributed by atoms with Crippen molar-refractivity contribution in [2.45, 2.75) is 26.6 Å². The number of nitrogens with zero attached hydrogens (tertiary/aromatic N) is 1. The van der Waals surface area contributed by atoms with Crippen molar-refractivity contribution in [2.24, 2.45) is 0 Å². The number of hydrogen-bond donors (Lipinski definition) is 2. The van der Waals surface area contributed by atoms with Gasteiger partial charge in [0.15, 0.2) is 0 Å². The fraction of sp³-hybridized carbons (Fsp3) is 0.333. The summed E-state index contributed by atoms with van der Waals surface area (Å²) in [7, 11) is 0. The van der Waals surface area contributed by atoms with Gasteiger partial charge in [0.1, 0.15) is 17.4 Å². The van der Waals surface area contributed by atoms with E-state index < -0.39 is 6.10 Å². The number of aliphatic hydroxyl groups is 1. The summed E-state index contributed by atoms with van der Waals surface area (Å²) in [6, 6.07) is 6.95. The number of hydrogen-bond acceptors (Lipinski definition) is 5. The molecule has 1 atom stereocenters. The van der Waals surface area contributed by atoms with Crippen molar-refractivity contribution in [3.05, 3.63) is 45.9 Å². The molecule has 0 aliphatic carbocycles. The summed E-state index contributed by atoms with van der Waals surface area (Å²) in [6.45, 7) is 4.17. The monoisotopic (exact) mass is 306 g/mol. The summed E-state index contributed by atoms with van der Waals surface area (Å²) in [5.41, 5.74) is 1.48. The van der Waals surface area contributed by atoms with Crippen LogP contribution in [0.25, 0.3) is 0 Å². The van der Waals surface area contributed by atoms with E-state index in [1.165, 1.54) is 0 Å². The second-order valence-electron chi connectivity index (χ2n) is 4.76. The van der Waals surface area contributed by atoms with Crippen molar-refractivity contribution in [3.8, 4) is 5.75 Å². The highest BCUT2D eigenvalue weighted by Gasteiger charge is 2.08. The first kappa shape index (κ1) is 15.5. The number of rotatable bonds is 6. The van der Waals surface area contributed by atoms with Crippen molar-refractivity contribution in [1.82, 2.24) is 10.3 Å². The Morgan fingerprint density at radius 1 is 1.52 bits per heavy atom. The van der Waals surface area contributed by atoms with E-state index in [0.29, 0.717) is 17.9 Å². The van der Waals surface area contributed by atoms with E-state index in [1.807, 2.05) is 12.3 Å². The molecule has 1 unspecified atom stereocenters. The van der Waals surface area contributed by atoms with Crippen LogP contribution in [0, 0.1) is 6.92 Å². The van der Waals surface area contributed by atoms with E-state index in [0.717, 1.165) is 10.7 Å². The fourth-order valence-corrected chi connectivity index (χ4v) is 2.37. The third-order valence-corrected chi connectivity index (χ3v) is 3.62. The van der Waals surface area contributed by atoms with E-state index in [9.17, 15) is 4.79 Å². The van der Waals surface area contributed by atoms with Crippen LogP contribution in [0.4, 0.5) is 0 Å². The van der Waals surface area contributed by atoms with E-state index in [2.05, 4.69) is 10.3 Å². The predicted octanol–water partition coefficient (Wildman–Crippen LogP) is 2.14. The van der Waals surface area contributed by atoms with Gasteiger partial charge in [-0.15, -0.1) is 11.3 Å². The first-order valence-electron chi connectivity index (χ1n) is 6.64. The SMILES string of the molecule is Cc1csc(COc2cccc(C(=O)NCC(C)O)c2)n1. The minimum atomic E-state index is -0.568. The molecular formula is C15H18N2O3S. The highest BCUT2D eigenvalue weighted by Crippen LogP contribution is 2.17. The highest BCUT2D eigenvalue weighted by molar-refractivity contribution is 7.09. The van der Waals surface area contributed by atoms with Crippen LogP contribution in [0.15, 0.2) is 29.6 Å². The molecule has 0 spiro atoms. The molecule has 5 nitrogen and oxygen atoms in total. The number of aromatic nitrogens is 1. The number of amides is 1. The zero-order chi connectivity index (χ0) is 15.2. The van der Waals surface area contributed by atoms with Crippen LogP contribution in [0.5, 0.6) is 5.75 Å². The highest BCUT2D eigenvalue weighted by atomic mass is 32.1. The molecule has 0 radical (unpaired) electrons. The van der Waals surface area contributed by atoms with Crippen LogP contribution in [0.2, 0.25) is 0 Å². The molecule has 0 bridgehead atoms. The second-order valence-corrected chi connectivity index (χ2v) is 5.70. The van der Waals surface area contributed by atoms with Crippen molar-refractivity contribution >= 4 is 17.2 Å². The van der Waals surface area contributed by atoms with Gasteiger partial charge in [-0.25, -0.2) is 4.98 Å². The van der Waals surface area contributed by atoms with Crippen LogP contribution >= 0.6 is 11.3 Å². The summed E-state index contributed by atoms with van der Waals surface area (Å²) >= 11 is 1.55. The van der Waals surface area contributed by atoms with Crippen molar-refractivity contribution in [3.63, 3.8) is 0 Å². The van der Waals surface area contributed by atoms with Gasteiger partial charge in [0.05, 0.1) is 6.10 Å². The third kappa shape index (κ3) is 4.84. The van der Waals surface area contributed by atoms with E-state index >= 15 is 0 Å². The predicted molar refractivity (Wildman–Crippen MR) is 81.6 cm³/mol. The quantitative estimate of drug-likeness (QED) is 0.858. The first-order valence-corrected chi connectivity index (χ1v) is 7.52. The Balaban J connectivity index is 1.95. The standard InChI is InChI=1S/C15H18N2O3S/c1-10-9-21-14(17-10)8-20-13-5-3-4-12(6-13)15(19)16-7-11(2)18/h3-6,9,11,18H,7-8H2,1-2H3,(H,16,19). The van der Waals surface area contributed by atoms with Gasteiger partial charge in [0.2, 0.25) is 0 Å². The fourth-order valence-electron chi connectivity index (χ4n) is 1.68. The Kier molecular flexibility index (Phi) is 5.30. The summed E-state index contributed by atoms with van der Waals surface area (Å²) in [5, 5.41) is 14.7. The molecule has 1 amide bonds. The van der Waals surface area contributed by atoms with Gasteiger partial charge in [-0.05, 0) is 32.0 Å². The van der Waals surface area contributed by atoms with Crippen LogP contribution < -0.4 is 10.1 Å². The van der Waals surface area contributed by atoms with Gasteiger partial charge in [-0.3, -0.25) is 4.79 Å². The average molecular weight is 306 g/mol. The van der Waals surface area contributed by atoms with Crippen LogP contribution in [0.1, 0.15) is 28.0 Å². The molecule has 0 saturated heterocycles. The molecule has 0 saturated carbocycles. The number of benzene rings is 1. The molecular weight excluding hydrogens is 288 g/mol. The maximum Gasteiger partial charge on any atom is 0.251 e. The molecule has 6 heteroatoms. The van der Waals surface area contributed by atoms with Crippen molar-refractivity contribution in [2.75, 3.05) is 6.54 Å². The summed E-state index contributed by atoms with van der Waals surface area (Å²) < 4.78 is 5.64. The largest absolute Gasteiger partial charge is 0.486 e. The number of ether oxygens (including phenoxy) is 1. The summed E-state index contributed by atoms with van der Waals surface area (Å²) in [5.74, 6) is 0.388. The van der Waals surface area contributed by atoms with Crippen LogP contribution in [-0.2, 0) is 6.61 Å². The molecule has 0 aliphatic rings. The van der Waals surface area contributed by atoms with Gasteiger partial charge in [-0.2, -0.15) is 0 Å². The molecule has 1 aromatic carbocycles. The lowest BCUT2D eigenvalue weighted by Gasteiger charge is -2.09. The molecule has 21 heavy (non-hydrogen) atoms. The lowest BCUT2D eigenvalue weighted by Crippen LogP contribution is -2.30. The Morgan fingerprint density at radius 3 is 3.00 bits per heavy atom. The average Bonchev–Trinajstić information content (AvgIpc) is 2.88. The lowest BCUT2D eigenvalue weighted by atomic mass is 10.2. The molecule has 1 heterocycles. The van der Waals surface area contributed by atoms with Crippen molar-refractivity contribution in [1.29, 1.82) is 0 Å². The number of thiazole rings is 1. The molecule has 2 aromatic rings. The van der Waals surface area contributed by atoms with Gasteiger partial charge in [0.25, 0.3) is 5.91 Å². The second kappa shape index (κ2) is 7.19. The third-order valence-electron chi connectivity index (χ3n) is 2.68. The number of aliphatic hydroxyl groups excluding tert-OH is 1. The zero-order valence-electron chi connectivity index (χ0n) is 12.0. The Bertz CT molecular complexity index is 610. The molecule has 112 valence electrons. The number of carbonyl (C=O) groups is 1. The molecule has 0 fully saturated rings. The molecule has 1 aromatic heterocycles. The number of carbonyl (C=O) groups excluding carboxylic acids is 1. The lowest BCUT2D eigenvalue weighted by molar-refractivity contribution is 0.0923. The van der Waals surface area contributed by atoms with Crippen LogP contribution in [-0.4, -0.2) is 28.6 Å². The zero-order valence-corrected chi connectivity index (χ0v) is 12.8. The minimum absolute atomic E-state index is 0.225. The molecule has 2 rings (SSSR count). The molecule has 0 aliphatic heterocycles. The summed E-state index contributed by atoms with van der Waals surface area (Å²) in [4.78, 5) is 16.2. The summed E-state index contributed by atoms with van der Waals surface area (Å²) in [6.07, 6.45) is -0.568. The minimum Gasteiger partial charge on any atom is -0.486 e. The Labute approximate surface area is 127 Å². The van der Waals surface area contributed by atoms with Crippen LogP contribution in [0.3, 0.4) is 0 Å². The smallest absolute Gasteiger partial charge is 0.251 e. The van der Waals surface area contributed by atoms with Gasteiger partial charge in [-0.1, -0.05) is 6.07 Å². The first-order chi connectivity index (χ1) is 10.0. The van der Waals surface area contributed by atoms with Crippen molar-refractivity contribution < 1.29 is 14.6 Å². The number of aryl methyl sites for hydroxylation is 1. The van der Waals surface area contributed by atoms with E-state index in [4.69, 9.17) is 9.84 Å². The van der Waals surface area contributed by atoms with E-state index in [1.54, 1.807) is 42.5 Å². The maximum absolute atomic E-state index is 11.9.